The van der Waals surface area contributed by atoms with Gasteiger partial charge < -0.3 is 9.84 Å². The zero-order valence-electron chi connectivity index (χ0n) is 14.7. The van der Waals surface area contributed by atoms with E-state index in [1.54, 1.807) is 13.0 Å². The molecule has 1 heterocycles. The van der Waals surface area contributed by atoms with Crippen molar-refractivity contribution in [3.05, 3.63) is 59.2 Å². The second-order valence-corrected chi connectivity index (χ2v) is 6.38. The van der Waals surface area contributed by atoms with Crippen LogP contribution in [0.1, 0.15) is 30.3 Å². The fourth-order valence-corrected chi connectivity index (χ4v) is 3.04. The predicted octanol–water partition coefficient (Wildman–Crippen LogP) is 4.79. The highest BCUT2D eigenvalue weighted by molar-refractivity contribution is 6.33. The number of nitrogens with zero attached hydrogens (tertiary/aromatic N) is 1. The molecule has 5 nitrogen and oxygen atoms in total. The van der Waals surface area contributed by atoms with E-state index in [0.717, 1.165) is 11.1 Å². The molecule has 0 fully saturated rings. The fraction of sp³-hybridized carbons (Fsp3) is 0.190. The van der Waals surface area contributed by atoms with Gasteiger partial charge in [-0.1, -0.05) is 41.9 Å². The molecule has 0 aliphatic carbocycles. The van der Waals surface area contributed by atoms with E-state index in [2.05, 4.69) is 4.98 Å². The maximum absolute atomic E-state index is 12.4. The zero-order valence-corrected chi connectivity index (χ0v) is 15.5. The number of pyridine rings is 1. The highest BCUT2D eigenvalue weighted by Crippen LogP contribution is 2.31. The number of Topliss-reactive ketones (excluding diaryl/α,β-unsaturated/α-hetero) is 1. The quantitative estimate of drug-likeness (QED) is 0.489. The van der Waals surface area contributed by atoms with E-state index in [4.69, 9.17) is 16.3 Å². The third kappa shape index (κ3) is 4.26. The van der Waals surface area contributed by atoms with Gasteiger partial charge >= 0.3 is 5.97 Å². The molecule has 1 N–H and O–H groups in total. The van der Waals surface area contributed by atoms with Crippen LogP contribution in [-0.4, -0.2) is 28.4 Å². The van der Waals surface area contributed by atoms with Crippen LogP contribution in [-0.2, 0) is 9.53 Å². The molecule has 3 rings (SSSR count). The third-order valence-corrected chi connectivity index (χ3v) is 4.44. The van der Waals surface area contributed by atoms with Crippen molar-refractivity contribution < 1.29 is 19.4 Å². The molecule has 0 unspecified atom stereocenters. The molecule has 138 valence electrons. The van der Waals surface area contributed by atoms with Gasteiger partial charge in [0.05, 0.1) is 18.5 Å². The van der Waals surface area contributed by atoms with Gasteiger partial charge in [0.15, 0.2) is 5.78 Å². The summed E-state index contributed by atoms with van der Waals surface area (Å²) in [5.41, 5.74) is 2.22. The van der Waals surface area contributed by atoms with Gasteiger partial charge in [-0.25, -0.2) is 4.98 Å². The molecule has 3 aromatic rings. The Morgan fingerprint density at radius 1 is 1.11 bits per heavy atom. The molecule has 1 aromatic heterocycles. The van der Waals surface area contributed by atoms with Gasteiger partial charge in [0.1, 0.15) is 11.4 Å². The lowest BCUT2D eigenvalue weighted by Gasteiger charge is -2.08. The molecule has 0 radical (unpaired) electrons. The summed E-state index contributed by atoms with van der Waals surface area (Å²) in [6.45, 7) is 1.96. The summed E-state index contributed by atoms with van der Waals surface area (Å²) in [6.07, 6.45) is -0.124. The number of fused-ring (bicyclic) bond motifs is 1. The number of halogens is 1. The Bertz CT molecular complexity index is 1020. The standard InChI is InChI=1S/C21H18ClNO4/c1-2-27-20(26)10-9-18(24)21-19(25)12-14-8-7-13(11-17(14)23-21)15-5-3-4-6-16(15)22/h3-8,11-12,25H,2,9-10H2,1H3. The topological polar surface area (TPSA) is 76.5 Å². The van der Waals surface area contributed by atoms with Gasteiger partial charge in [0, 0.05) is 22.4 Å². The minimum atomic E-state index is -0.452. The lowest BCUT2D eigenvalue weighted by atomic mass is 10.0. The Labute approximate surface area is 161 Å². The zero-order chi connectivity index (χ0) is 19.4. The van der Waals surface area contributed by atoms with Crippen molar-refractivity contribution in [3.63, 3.8) is 0 Å². The Morgan fingerprint density at radius 3 is 2.63 bits per heavy atom. The van der Waals surface area contributed by atoms with Crippen molar-refractivity contribution in [3.8, 4) is 16.9 Å². The van der Waals surface area contributed by atoms with Gasteiger partial charge in [-0.3, -0.25) is 9.59 Å². The summed E-state index contributed by atoms with van der Waals surface area (Å²) in [4.78, 5) is 28.1. The van der Waals surface area contributed by atoms with Crippen molar-refractivity contribution in [1.82, 2.24) is 4.98 Å². The van der Waals surface area contributed by atoms with Gasteiger partial charge in [-0.15, -0.1) is 0 Å². The van der Waals surface area contributed by atoms with E-state index in [1.807, 2.05) is 36.4 Å². The average molecular weight is 384 g/mol. The predicted molar refractivity (Wildman–Crippen MR) is 104 cm³/mol. The molecule has 2 aromatic carbocycles. The molecule has 0 aliphatic rings. The van der Waals surface area contributed by atoms with Crippen molar-refractivity contribution in [1.29, 1.82) is 0 Å². The summed E-state index contributed by atoms with van der Waals surface area (Å²) in [5.74, 6) is -1.07. The van der Waals surface area contributed by atoms with Crippen LogP contribution < -0.4 is 0 Å². The number of aromatic hydroxyl groups is 1. The average Bonchev–Trinajstić information content (AvgIpc) is 2.66. The lowest BCUT2D eigenvalue weighted by molar-refractivity contribution is -0.143. The van der Waals surface area contributed by atoms with Crippen LogP contribution in [0.2, 0.25) is 5.02 Å². The van der Waals surface area contributed by atoms with Crippen molar-refractivity contribution in [2.75, 3.05) is 6.61 Å². The van der Waals surface area contributed by atoms with E-state index < -0.39 is 11.8 Å². The molecule has 0 spiro atoms. The van der Waals surface area contributed by atoms with Gasteiger partial charge in [-0.2, -0.15) is 0 Å². The van der Waals surface area contributed by atoms with Crippen LogP contribution in [0.25, 0.3) is 22.0 Å². The van der Waals surface area contributed by atoms with E-state index in [1.165, 1.54) is 6.07 Å². The van der Waals surface area contributed by atoms with Crippen LogP contribution in [0.3, 0.4) is 0 Å². The maximum atomic E-state index is 12.4. The first kappa shape index (κ1) is 18.9. The Hall–Kier alpha value is -2.92. The second-order valence-electron chi connectivity index (χ2n) is 5.97. The molecule has 6 heteroatoms. The summed E-state index contributed by atoms with van der Waals surface area (Å²) in [6, 6.07) is 14.4. The minimum Gasteiger partial charge on any atom is -0.506 e. The summed E-state index contributed by atoms with van der Waals surface area (Å²) in [7, 11) is 0. The largest absolute Gasteiger partial charge is 0.506 e. The number of hydrogen-bond donors (Lipinski definition) is 1. The Morgan fingerprint density at radius 2 is 1.89 bits per heavy atom. The summed E-state index contributed by atoms with van der Waals surface area (Å²) in [5, 5.41) is 11.5. The molecule has 0 bridgehead atoms. The Kier molecular flexibility index (Phi) is 5.72. The number of ether oxygens (including phenoxy) is 1. The number of carbonyl (C=O) groups excluding carboxylic acids is 2. The molecule has 0 amide bonds. The SMILES string of the molecule is CCOC(=O)CCC(=O)c1nc2cc(-c3ccccc3Cl)ccc2cc1O. The van der Waals surface area contributed by atoms with Crippen molar-refractivity contribution in [2.45, 2.75) is 19.8 Å². The minimum absolute atomic E-state index is 0.0501. The van der Waals surface area contributed by atoms with Crippen LogP contribution in [0.5, 0.6) is 5.75 Å². The summed E-state index contributed by atoms with van der Waals surface area (Å²) >= 11 is 6.26. The van der Waals surface area contributed by atoms with Crippen LogP contribution in [0.4, 0.5) is 0 Å². The number of hydrogen-bond acceptors (Lipinski definition) is 5. The van der Waals surface area contributed by atoms with Crippen molar-refractivity contribution in [2.24, 2.45) is 0 Å². The number of benzene rings is 2. The third-order valence-electron chi connectivity index (χ3n) is 4.11. The van der Waals surface area contributed by atoms with E-state index in [-0.39, 0.29) is 30.9 Å². The highest BCUT2D eigenvalue weighted by Gasteiger charge is 2.17. The van der Waals surface area contributed by atoms with E-state index in [9.17, 15) is 14.7 Å². The number of carbonyl (C=O) groups is 2. The molecule has 0 aliphatic heterocycles. The number of ketones is 1. The van der Waals surface area contributed by atoms with Gasteiger partial charge in [0.25, 0.3) is 0 Å². The van der Waals surface area contributed by atoms with Gasteiger partial charge in [-0.05, 0) is 30.7 Å². The lowest BCUT2D eigenvalue weighted by Crippen LogP contribution is -2.09. The maximum Gasteiger partial charge on any atom is 0.306 e. The highest BCUT2D eigenvalue weighted by atomic mass is 35.5. The molecule has 0 saturated heterocycles. The molecular formula is C21H18ClNO4. The monoisotopic (exact) mass is 383 g/mol. The summed E-state index contributed by atoms with van der Waals surface area (Å²) < 4.78 is 4.82. The van der Waals surface area contributed by atoms with E-state index >= 15 is 0 Å². The first-order chi connectivity index (χ1) is 13.0. The first-order valence-corrected chi connectivity index (χ1v) is 8.95. The number of esters is 1. The molecular weight excluding hydrogens is 366 g/mol. The van der Waals surface area contributed by atoms with Crippen LogP contribution in [0.15, 0.2) is 48.5 Å². The van der Waals surface area contributed by atoms with E-state index in [0.29, 0.717) is 15.9 Å². The second kappa shape index (κ2) is 8.18. The van der Waals surface area contributed by atoms with Gasteiger partial charge in [0.2, 0.25) is 0 Å². The Balaban J connectivity index is 1.93. The van der Waals surface area contributed by atoms with Crippen molar-refractivity contribution >= 4 is 34.3 Å². The normalized spacial score (nSPS) is 10.7. The fourth-order valence-electron chi connectivity index (χ4n) is 2.79. The van der Waals surface area contributed by atoms with Crippen LogP contribution in [0, 0.1) is 0 Å². The number of rotatable bonds is 6. The molecule has 0 saturated carbocycles. The molecule has 27 heavy (non-hydrogen) atoms. The smallest absolute Gasteiger partial charge is 0.306 e. The van der Waals surface area contributed by atoms with Crippen LogP contribution >= 0.6 is 11.6 Å². The first-order valence-electron chi connectivity index (χ1n) is 8.57. The number of aromatic nitrogens is 1. The molecule has 0 atom stereocenters.